The topological polar surface area (TPSA) is 89.0 Å². The van der Waals surface area contributed by atoms with Crippen molar-refractivity contribution in [1.82, 2.24) is 24.4 Å². The Bertz CT molecular complexity index is 1490. The molecule has 0 spiro atoms. The standard InChI is InChI=1S/C26H29FN6O2S/c1-15-10-20(35-4)25-18(23(15)27)12-21(36-25)17-11-19(33-24(17)26(28)29-14-30-33)16-7-9-32(13-16)22(34)6-5-8-31(2)3/h5-6,10-12,14,16H,7-9,13H2,1-4H3,(H2,28,29,30)/b6-5+/t16-/m1/s1. The van der Waals surface area contributed by atoms with Gasteiger partial charge in [-0.3, -0.25) is 4.79 Å². The van der Waals surface area contributed by atoms with Crippen LogP contribution in [0.5, 0.6) is 5.75 Å². The lowest BCUT2D eigenvalue weighted by Crippen LogP contribution is -2.27. The van der Waals surface area contributed by atoms with Crippen LogP contribution in [0.15, 0.2) is 36.7 Å². The smallest absolute Gasteiger partial charge is 0.246 e. The Hall–Kier alpha value is -3.50. The van der Waals surface area contributed by atoms with Gasteiger partial charge in [0, 0.05) is 53.1 Å². The van der Waals surface area contributed by atoms with Crippen LogP contribution in [-0.4, -0.2) is 71.1 Å². The van der Waals surface area contributed by atoms with E-state index < -0.39 is 0 Å². The predicted molar refractivity (Wildman–Crippen MR) is 141 cm³/mol. The fourth-order valence-electron chi connectivity index (χ4n) is 4.80. The number of halogens is 1. The maximum absolute atomic E-state index is 15.0. The van der Waals surface area contributed by atoms with Crippen LogP contribution < -0.4 is 10.5 Å². The molecule has 4 heterocycles. The van der Waals surface area contributed by atoms with E-state index in [1.807, 2.05) is 40.6 Å². The number of likely N-dealkylation sites (tertiary alicyclic amines) is 1. The molecule has 3 aromatic heterocycles. The number of thiophene rings is 1. The first kappa shape index (κ1) is 24.2. The summed E-state index contributed by atoms with van der Waals surface area (Å²) in [6.07, 6.45) is 5.78. The number of carbonyl (C=O) groups is 1. The van der Waals surface area contributed by atoms with Crippen LogP contribution in [-0.2, 0) is 4.79 Å². The van der Waals surface area contributed by atoms with E-state index in [9.17, 15) is 9.18 Å². The number of carbonyl (C=O) groups excluding carboxylic acids is 1. The van der Waals surface area contributed by atoms with Crippen LogP contribution in [0.3, 0.4) is 0 Å². The van der Waals surface area contributed by atoms with Crippen LogP contribution in [0.2, 0.25) is 0 Å². The van der Waals surface area contributed by atoms with Crippen LogP contribution in [0.25, 0.3) is 26.0 Å². The molecular formula is C26H29FN6O2S. The van der Waals surface area contributed by atoms with Crippen molar-refractivity contribution in [3.8, 4) is 16.2 Å². The number of rotatable bonds is 6. The number of aromatic nitrogens is 3. The fourth-order valence-corrected chi connectivity index (χ4v) is 5.97. The molecule has 0 radical (unpaired) electrons. The first-order chi connectivity index (χ1) is 17.3. The van der Waals surface area contributed by atoms with E-state index in [0.717, 1.165) is 27.3 Å². The van der Waals surface area contributed by atoms with Gasteiger partial charge in [-0.1, -0.05) is 6.08 Å². The van der Waals surface area contributed by atoms with Crippen molar-refractivity contribution in [2.24, 2.45) is 0 Å². The summed E-state index contributed by atoms with van der Waals surface area (Å²) >= 11 is 1.45. The second kappa shape index (κ2) is 9.51. The average molecular weight is 509 g/mol. The number of methoxy groups -OCH3 is 1. The van der Waals surface area contributed by atoms with E-state index >= 15 is 0 Å². The van der Waals surface area contributed by atoms with Gasteiger partial charge in [-0.15, -0.1) is 11.3 Å². The Labute approximate surface area is 212 Å². The average Bonchev–Trinajstić information content (AvgIpc) is 3.58. The third kappa shape index (κ3) is 4.20. The highest BCUT2D eigenvalue weighted by molar-refractivity contribution is 7.22. The van der Waals surface area contributed by atoms with Gasteiger partial charge in [-0.05, 0) is 51.2 Å². The highest BCUT2D eigenvalue weighted by Gasteiger charge is 2.30. The van der Waals surface area contributed by atoms with Crippen LogP contribution in [0.4, 0.5) is 10.2 Å². The molecule has 188 valence electrons. The van der Waals surface area contributed by atoms with E-state index in [1.54, 1.807) is 26.2 Å². The zero-order valence-electron chi connectivity index (χ0n) is 20.8. The highest BCUT2D eigenvalue weighted by Crippen LogP contribution is 2.44. The summed E-state index contributed by atoms with van der Waals surface area (Å²) in [6, 6.07) is 5.62. The lowest BCUT2D eigenvalue weighted by atomic mass is 10.0. The molecule has 2 N–H and O–H groups in total. The van der Waals surface area contributed by atoms with Gasteiger partial charge in [0.05, 0.1) is 11.8 Å². The number of nitrogen functional groups attached to an aromatic ring is 1. The van der Waals surface area contributed by atoms with Crippen molar-refractivity contribution in [3.05, 3.63) is 53.8 Å². The molecule has 1 aliphatic rings. The normalized spacial score (nSPS) is 16.3. The van der Waals surface area contributed by atoms with Gasteiger partial charge in [-0.25, -0.2) is 13.9 Å². The van der Waals surface area contributed by atoms with Gasteiger partial charge in [0.25, 0.3) is 0 Å². The lowest BCUT2D eigenvalue weighted by molar-refractivity contribution is -0.125. The van der Waals surface area contributed by atoms with Gasteiger partial charge >= 0.3 is 0 Å². The quantitative estimate of drug-likeness (QED) is 0.395. The number of anilines is 1. The number of ether oxygens (including phenoxy) is 1. The fraction of sp³-hybridized carbons (Fsp3) is 0.346. The number of nitrogens with two attached hydrogens (primary N) is 1. The summed E-state index contributed by atoms with van der Waals surface area (Å²) in [5.74, 6) is 0.838. The zero-order valence-corrected chi connectivity index (χ0v) is 21.6. The minimum absolute atomic E-state index is 0.0111. The maximum atomic E-state index is 15.0. The van der Waals surface area contributed by atoms with Crippen molar-refractivity contribution in [3.63, 3.8) is 0 Å². The SMILES string of the molecule is COc1cc(C)c(F)c2cc(-c3cc([C@@H]4CCN(C(=O)/C=C/CN(C)C)C4)n4ncnc(N)c34)sc12. The van der Waals surface area contributed by atoms with Crippen molar-refractivity contribution in [1.29, 1.82) is 0 Å². The third-order valence-corrected chi connectivity index (χ3v) is 7.81. The molecule has 5 rings (SSSR count). The molecule has 1 fully saturated rings. The molecule has 8 nitrogen and oxygen atoms in total. The van der Waals surface area contributed by atoms with E-state index in [1.165, 1.54) is 17.7 Å². The van der Waals surface area contributed by atoms with Gasteiger partial charge in [0.2, 0.25) is 5.91 Å². The monoisotopic (exact) mass is 508 g/mol. The van der Waals surface area contributed by atoms with Gasteiger partial charge < -0.3 is 20.3 Å². The molecule has 0 unspecified atom stereocenters. The van der Waals surface area contributed by atoms with E-state index in [0.29, 0.717) is 47.7 Å². The first-order valence-electron chi connectivity index (χ1n) is 11.8. The van der Waals surface area contributed by atoms with Crippen LogP contribution in [0.1, 0.15) is 23.6 Å². The molecule has 10 heteroatoms. The summed E-state index contributed by atoms with van der Waals surface area (Å²) in [5, 5.41) is 5.02. The minimum Gasteiger partial charge on any atom is -0.495 e. The Morgan fingerprint density at radius 3 is 2.92 bits per heavy atom. The molecule has 1 amide bonds. The van der Waals surface area contributed by atoms with Crippen LogP contribution >= 0.6 is 11.3 Å². The number of benzene rings is 1. The summed E-state index contributed by atoms with van der Waals surface area (Å²) in [5.41, 5.74) is 9.35. The number of amides is 1. The Balaban J connectivity index is 1.54. The number of aryl methyl sites for hydroxylation is 1. The Morgan fingerprint density at radius 1 is 1.36 bits per heavy atom. The Morgan fingerprint density at radius 2 is 2.17 bits per heavy atom. The first-order valence-corrected chi connectivity index (χ1v) is 12.6. The van der Waals surface area contributed by atoms with E-state index in [-0.39, 0.29) is 17.6 Å². The van der Waals surface area contributed by atoms with Crippen molar-refractivity contribution in [2.75, 3.05) is 46.6 Å². The zero-order chi connectivity index (χ0) is 25.6. The molecule has 1 aromatic carbocycles. The second-order valence-electron chi connectivity index (χ2n) is 9.39. The molecule has 1 atom stereocenters. The molecular weight excluding hydrogens is 479 g/mol. The van der Waals surface area contributed by atoms with E-state index in [2.05, 4.69) is 16.1 Å². The summed E-state index contributed by atoms with van der Waals surface area (Å²) < 4.78 is 23.1. The molecule has 0 bridgehead atoms. The molecule has 1 aliphatic heterocycles. The van der Waals surface area contributed by atoms with Crippen molar-refractivity contribution in [2.45, 2.75) is 19.3 Å². The van der Waals surface area contributed by atoms with Gasteiger partial charge in [0.15, 0.2) is 5.82 Å². The summed E-state index contributed by atoms with van der Waals surface area (Å²) in [7, 11) is 5.52. The van der Waals surface area contributed by atoms with Crippen molar-refractivity contribution < 1.29 is 13.9 Å². The Kier molecular flexibility index (Phi) is 6.40. The van der Waals surface area contributed by atoms with Crippen LogP contribution in [0, 0.1) is 12.7 Å². The number of likely N-dealkylation sites (N-methyl/N-ethyl adjacent to an activating group) is 1. The number of hydrogen-bond acceptors (Lipinski definition) is 7. The minimum atomic E-state index is -0.256. The van der Waals surface area contributed by atoms with Gasteiger partial charge in [-0.2, -0.15) is 5.10 Å². The predicted octanol–water partition coefficient (Wildman–Crippen LogP) is 4.08. The molecule has 36 heavy (non-hydrogen) atoms. The van der Waals surface area contributed by atoms with Crippen molar-refractivity contribution >= 4 is 38.7 Å². The number of nitrogens with zero attached hydrogens (tertiary/aromatic N) is 5. The molecule has 1 saturated heterocycles. The summed E-state index contributed by atoms with van der Waals surface area (Å²) in [4.78, 5) is 21.6. The summed E-state index contributed by atoms with van der Waals surface area (Å²) in [6.45, 7) is 3.71. The highest BCUT2D eigenvalue weighted by atomic mass is 32.1. The van der Waals surface area contributed by atoms with E-state index in [4.69, 9.17) is 10.5 Å². The third-order valence-electron chi connectivity index (χ3n) is 6.63. The van der Waals surface area contributed by atoms with Gasteiger partial charge in [0.1, 0.15) is 23.4 Å². The largest absolute Gasteiger partial charge is 0.495 e. The second-order valence-corrected chi connectivity index (χ2v) is 10.4. The maximum Gasteiger partial charge on any atom is 0.246 e. The molecule has 4 aromatic rings. The molecule has 0 aliphatic carbocycles. The lowest BCUT2D eigenvalue weighted by Gasteiger charge is -2.14. The number of hydrogen-bond donors (Lipinski definition) is 1. The number of fused-ring (bicyclic) bond motifs is 2. The molecule has 0 saturated carbocycles.